The molecule has 0 saturated carbocycles. The summed E-state index contributed by atoms with van der Waals surface area (Å²) in [7, 11) is 2.45. The van der Waals surface area contributed by atoms with Crippen LogP contribution in [0.4, 0.5) is 0 Å². The molecule has 0 saturated heterocycles. The van der Waals surface area contributed by atoms with Crippen molar-refractivity contribution < 1.29 is 4.48 Å². The third-order valence-corrected chi connectivity index (χ3v) is 3.15. The molecule has 0 aromatic heterocycles. The first kappa shape index (κ1) is 17.3. The van der Waals surface area contributed by atoms with E-state index < -0.39 is 0 Å². The summed E-state index contributed by atoms with van der Waals surface area (Å²) < 4.78 is 1.32. The molecule has 2 heteroatoms. The largest absolute Gasteiger partial charge is 0.344 e. The fraction of sp³-hybridized carbons (Fsp3) is 1.00. The molecule has 3 N–H and O–H groups in total. The Morgan fingerprint density at radius 1 is 0.667 bits per heavy atom. The summed E-state index contributed by atoms with van der Waals surface area (Å²) in [6, 6.07) is 0. The second-order valence-corrected chi connectivity index (χ2v) is 4.85. The Balaban J connectivity index is 0. The van der Waals surface area contributed by atoms with Crippen LogP contribution in [0.15, 0.2) is 0 Å². The number of quaternary nitrogens is 1. The van der Waals surface area contributed by atoms with Gasteiger partial charge in [0.15, 0.2) is 0 Å². The fourth-order valence-corrected chi connectivity index (χ4v) is 1.95. The van der Waals surface area contributed by atoms with Crippen molar-refractivity contribution >= 4 is 0 Å². The standard InChI is InChI=1S/C13H30N.H3N/c1-5-8-11-14(4,12-9-6-2)13-10-7-3;/h5-13H2,1-4H3;1H3/q+1;. The molecule has 0 bridgehead atoms. The molecule has 0 aliphatic carbocycles. The maximum atomic E-state index is 2.45. The first-order chi connectivity index (χ1) is 6.68. The van der Waals surface area contributed by atoms with Gasteiger partial charge < -0.3 is 10.6 Å². The van der Waals surface area contributed by atoms with Gasteiger partial charge in [-0.1, -0.05) is 40.0 Å². The predicted octanol–water partition coefficient (Wildman–Crippen LogP) is 4.00. The van der Waals surface area contributed by atoms with Crippen LogP contribution >= 0.6 is 0 Å². The smallest absolute Gasteiger partial charge is 0.0784 e. The zero-order valence-corrected chi connectivity index (χ0v) is 11.5. The highest BCUT2D eigenvalue weighted by atomic mass is 15.3. The van der Waals surface area contributed by atoms with E-state index in [4.69, 9.17) is 0 Å². The van der Waals surface area contributed by atoms with Gasteiger partial charge in [0, 0.05) is 0 Å². The molecule has 15 heavy (non-hydrogen) atoms. The highest BCUT2D eigenvalue weighted by Crippen LogP contribution is 2.10. The Morgan fingerprint density at radius 2 is 0.933 bits per heavy atom. The molecule has 0 rings (SSSR count). The molecular formula is C13H33N2+. The monoisotopic (exact) mass is 217 g/mol. The van der Waals surface area contributed by atoms with E-state index in [1.165, 1.54) is 62.6 Å². The van der Waals surface area contributed by atoms with Crippen LogP contribution in [0.25, 0.3) is 0 Å². The topological polar surface area (TPSA) is 35.0 Å². The van der Waals surface area contributed by atoms with Gasteiger partial charge in [-0.25, -0.2) is 0 Å². The van der Waals surface area contributed by atoms with Crippen molar-refractivity contribution in [1.82, 2.24) is 6.15 Å². The highest BCUT2D eigenvalue weighted by molar-refractivity contribution is 4.43. The summed E-state index contributed by atoms with van der Waals surface area (Å²) >= 11 is 0. The Bertz CT molecular complexity index is 102. The van der Waals surface area contributed by atoms with E-state index in [0.29, 0.717) is 0 Å². The molecule has 0 fully saturated rings. The Labute approximate surface area is 97.2 Å². The van der Waals surface area contributed by atoms with Crippen LogP contribution in [0.2, 0.25) is 0 Å². The minimum atomic E-state index is 0. The average molecular weight is 217 g/mol. The molecule has 0 heterocycles. The lowest BCUT2D eigenvalue weighted by Crippen LogP contribution is -2.46. The zero-order valence-electron chi connectivity index (χ0n) is 11.5. The lowest BCUT2D eigenvalue weighted by molar-refractivity contribution is -0.910. The summed E-state index contributed by atoms with van der Waals surface area (Å²) in [5, 5.41) is 0. The van der Waals surface area contributed by atoms with Crippen molar-refractivity contribution in [3.05, 3.63) is 0 Å². The molecule has 0 atom stereocenters. The molecule has 0 unspecified atom stereocenters. The Morgan fingerprint density at radius 3 is 1.13 bits per heavy atom. The third kappa shape index (κ3) is 8.88. The number of rotatable bonds is 9. The first-order valence-corrected chi connectivity index (χ1v) is 6.52. The first-order valence-electron chi connectivity index (χ1n) is 6.52. The molecule has 0 aromatic carbocycles. The van der Waals surface area contributed by atoms with Gasteiger partial charge in [0.1, 0.15) is 0 Å². The van der Waals surface area contributed by atoms with Gasteiger partial charge in [0.05, 0.1) is 26.7 Å². The molecular weight excluding hydrogens is 184 g/mol. The molecule has 0 aliphatic heterocycles. The second kappa shape index (κ2) is 10.4. The van der Waals surface area contributed by atoms with Crippen LogP contribution in [-0.2, 0) is 0 Å². The minimum Gasteiger partial charge on any atom is -0.344 e. The van der Waals surface area contributed by atoms with E-state index in [9.17, 15) is 0 Å². The number of nitrogens with zero attached hydrogens (tertiary/aromatic N) is 1. The molecule has 0 amide bonds. The summed E-state index contributed by atoms with van der Waals surface area (Å²) in [4.78, 5) is 0. The van der Waals surface area contributed by atoms with Crippen LogP contribution in [0.3, 0.4) is 0 Å². The molecule has 0 aromatic rings. The lowest BCUT2D eigenvalue weighted by Gasteiger charge is -2.34. The van der Waals surface area contributed by atoms with E-state index in [1.807, 2.05) is 0 Å². The quantitative estimate of drug-likeness (QED) is 0.582. The Hall–Kier alpha value is -0.0800. The summed E-state index contributed by atoms with van der Waals surface area (Å²) in [6.45, 7) is 11.0. The van der Waals surface area contributed by atoms with Gasteiger partial charge >= 0.3 is 0 Å². The molecule has 0 spiro atoms. The van der Waals surface area contributed by atoms with Crippen LogP contribution in [0, 0.1) is 0 Å². The van der Waals surface area contributed by atoms with Gasteiger partial charge in [-0.05, 0) is 19.3 Å². The normalized spacial score (nSPS) is 11.2. The molecule has 2 nitrogen and oxygen atoms in total. The predicted molar refractivity (Wildman–Crippen MR) is 70.5 cm³/mol. The zero-order chi connectivity index (χ0) is 10.9. The maximum absolute atomic E-state index is 2.45. The van der Waals surface area contributed by atoms with E-state index in [1.54, 1.807) is 0 Å². The number of unbranched alkanes of at least 4 members (excludes halogenated alkanes) is 3. The summed E-state index contributed by atoms with van der Waals surface area (Å²) in [5.41, 5.74) is 0. The van der Waals surface area contributed by atoms with Crippen LogP contribution in [0.5, 0.6) is 0 Å². The summed E-state index contributed by atoms with van der Waals surface area (Å²) in [6.07, 6.45) is 8.20. The molecule has 0 radical (unpaired) electrons. The van der Waals surface area contributed by atoms with E-state index in [0.717, 1.165) is 0 Å². The van der Waals surface area contributed by atoms with Crippen LogP contribution < -0.4 is 6.15 Å². The van der Waals surface area contributed by atoms with Gasteiger partial charge in [-0.3, -0.25) is 0 Å². The third-order valence-electron chi connectivity index (χ3n) is 3.15. The highest BCUT2D eigenvalue weighted by Gasteiger charge is 2.18. The van der Waals surface area contributed by atoms with Gasteiger partial charge in [0.2, 0.25) is 0 Å². The average Bonchev–Trinajstić information content (AvgIpc) is 2.21. The van der Waals surface area contributed by atoms with Gasteiger partial charge in [-0.2, -0.15) is 0 Å². The van der Waals surface area contributed by atoms with Crippen LogP contribution in [-0.4, -0.2) is 31.2 Å². The number of hydrogen-bond acceptors (Lipinski definition) is 1. The van der Waals surface area contributed by atoms with Crippen molar-refractivity contribution in [3.63, 3.8) is 0 Å². The fourth-order valence-electron chi connectivity index (χ4n) is 1.95. The van der Waals surface area contributed by atoms with Crippen molar-refractivity contribution in [2.24, 2.45) is 0 Å². The van der Waals surface area contributed by atoms with E-state index in [-0.39, 0.29) is 6.15 Å². The molecule has 94 valence electrons. The van der Waals surface area contributed by atoms with E-state index >= 15 is 0 Å². The minimum absolute atomic E-state index is 0. The SMILES string of the molecule is CCCC[N+](C)(CCCC)CCCC.N. The van der Waals surface area contributed by atoms with Crippen molar-refractivity contribution in [2.45, 2.75) is 59.3 Å². The summed E-state index contributed by atoms with van der Waals surface area (Å²) in [5.74, 6) is 0. The van der Waals surface area contributed by atoms with Crippen LogP contribution in [0.1, 0.15) is 59.3 Å². The Kier molecular flexibility index (Phi) is 12.1. The van der Waals surface area contributed by atoms with E-state index in [2.05, 4.69) is 27.8 Å². The maximum Gasteiger partial charge on any atom is 0.0784 e. The van der Waals surface area contributed by atoms with Crippen molar-refractivity contribution in [3.8, 4) is 0 Å². The molecule has 0 aliphatic rings. The van der Waals surface area contributed by atoms with Gasteiger partial charge in [0.25, 0.3) is 0 Å². The number of hydrogen-bond donors (Lipinski definition) is 1. The van der Waals surface area contributed by atoms with Crippen molar-refractivity contribution in [2.75, 3.05) is 26.7 Å². The van der Waals surface area contributed by atoms with Crippen molar-refractivity contribution in [1.29, 1.82) is 0 Å². The second-order valence-electron chi connectivity index (χ2n) is 4.85. The lowest BCUT2D eigenvalue weighted by atomic mass is 10.2. The van der Waals surface area contributed by atoms with Gasteiger partial charge in [-0.15, -0.1) is 0 Å².